The molecule has 1 fully saturated rings. The first-order chi connectivity index (χ1) is 11.5. The van der Waals surface area contributed by atoms with Crippen LogP contribution in [0, 0.1) is 0 Å². The number of nitrogens with one attached hydrogen (secondary N) is 1. The maximum absolute atomic E-state index is 12.3. The Kier molecular flexibility index (Phi) is 4.02. The highest BCUT2D eigenvalue weighted by molar-refractivity contribution is 8.01. The van der Waals surface area contributed by atoms with Gasteiger partial charge in [0, 0.05) is 16.3 Å². The van der Waals surface area contributed by atoms with Crippen molar-refractivity contribution in [3.8, 4) is 0 Å². The summed E-state index contributed by atoms with van der Waals surface area (Å²) in [6.07, 6.45) is 4.29. The van der Waals surface area contributed by atoms with Gasteiger partial charge < -0.3 is 15.6 Å². The van der Waals surface area contributed by atoms with Gasteiger partial charge in [0.05, 0.1) is 16.5 Å². The fraction of sp³-hybridized carbons (Fsp3) is 0.438. The standard InChI is InChI=1S/C16H17ClN4O2S/c17-9-3-4-11-10(7-9)19-14(22)12(24-11)8-13-20-15(21-23-13)16(18)5-1-2-6-16/h3-4,7,12H,1-2,5-6,8,18H2,(H,19,22). The van der Waals surface area contributed by atoms with Gasteiger partial charge in [-0.3, -0.25) is 4.79 Å². The van der Waals surface area contributed by atoms with Gasteiger partial charge in [-0.2, -0.15) is 4.98 Å². The first kappa shape index (κ1) is 15.9. The lowest BCUT2D eigenvalue weighted by Crippen LogP contribution is -2.34. The molecule has 0 spiro atoms. The molecule has 1 aromatic heterocycles. The number of rotatable bonds is 3. The van der Waals surface area contributed by atoms with Crippen molar-refractivity contribution in [2.24, 2.45) is 5.73 Å². The Morgan fingerprint density at radius 3 is 3.00 bits per heavy atom. The highest BCUT2D eigenvalue weighted by Gasteiger charge is 2.37. The molecule has 2 aromatic rings. The Bertz CT molecular complexity index is 788. The van der Waals surface area contributed by atoms with Gasteiger partial charge in [-0.05, 0) is 31.0 Å². The van der Waals surface area contributed by atoms with E-state index in [0.29, 0.717) is 23.2 Å². The maximum Gasteiger partial charge on any atom is 0.238 e. The minimum Gasteiger partial charge on any atom is -0.339 e. The number of anilines is 1. The van der Waals surface area contributed by atoms with Gasteiger partial charge >= 0.3 is 0 Å². The summed E-state index contributed by atoms with van der Waals surface area (Å²) < 4.78 is 5.34. The molecule has 1 aliphatic heterocycles. The number of carbonyl (C=O) groups excluding carboxylic acids is 1. The first-order valence-corrected chi connectivity index (χ1v) is 9.18. The second-order valence-corrected chi connectivity index (χ2v) is 8.00. The smallest absolute Gasteiger partial charge is 0.238 e. The number of amides is 1. The second kappa shape index (κ2) is 6.06. The van der Waals surface area contributed by atoms with E-state index in [1.165, 1.54) is 11.8 Å². The Morgan fingerprint density at radius 1 is 1.42 bits per heavy atom. The molecule has 2 heterocycles. The number of nitrogens with zero attached hydrogens (tertiary/aromatic N) is 2. The Labute approximate surface area is 148 Å². The Balaban J connectivity index is 1.51. The predicted molar refractivity (Wildman–Crippen MR) is 92.1 cm³/mol. The number of halogens is 1. The van der Waals surface area contributed by atoms with Gasteiger partial charge in [0.1, 0.15) is 0 Å². The number of thioether (sulfide) groups is 1. The molecule has 0 bridgehead atoms. The van der Waals surface area contributed by atoms with Crippen molar-refractivity contribution in [2.45, 2.75) is 47.8 Å². The van der Waals surface area contributed by atoms with Crippen LogP contribution in [0.2, 0.25) is 5.02 Å². The van der Waals surface area contributed by atoms with Crippen LogP contribution >= 0.6 is 23.4 Å². The van der Waals surface area contributed by atoms with Gasteiger partial charge in [-0.15, -0.1) is 11.8 Å². The van der Waals surface area contributed by atoms with Crippen LogP contribution in [0.15, 0.2) is 27.6 Å². The summed E-state index contributed by atoms with van der Waals surface area (Å²) in [5.74, 6) is 0.924. The molecule has 1 atom stereocenters. The van der Waals surface area contributed by atoms with E-state index in [1.54, 1.807) is 6.07 Å². The molecule has 4 rings (SSSR count). The lowest BCUT2D eigenvalue weighted by Gasteiger charge is -2.23. The van der Waals surface area contributed by atoms with E-state index in [1.807, 2.05) is 12.1 Å². The van der Waals surface area contributed by atoms with E-state index in [0.717, 1.165) is 36.3 Å². The number of fused-ring (bicyclic) bond motifs is 1. The average molecular weight is 365 g/mol. The number of carbonyl (C=O) groups is 1. The van der Waals surface area contributed by atoms with Crippen molar-refractivity contribution in [1.82, 2.24) is 10.1 Å². The minimum absolute atomic E-state index is 0.0853. The number of benzene rings is 1. The number of nitrogens with two attached hydrogens (primary N) is 1. The van der Waals surface area contributed by atoms with E-state index in [2.05, 4.69) is 15.5 Å². The van der Waals surface area contributed by atoms with Crippen molar-refractivity contribution in [3.63, 3.8) is 0 Å². The van der Waals surface area contributed by atoms with Crippen LogP contribution in [0.1, 0.15) is 37.4 Å². The monoisotopic (exact) mass is 364 g/mol. The van der Waals surface area contributed by atoms with Crippen LogP contribution in [-0.4, -0.2) is 21.3 Å². The molecule has 2 aliphatic rings. The van der Waals surface area contributed by atoms with Crippen LogP contribution in [0.25, 0.3) is 0 Å². The molecule has 1 saturated carbocycles. The van der Waals surface area contributed by atoms with E-state index in [4.69, 9.17) is 21.9 Å². The van der Waals surface area contributed by atoms with Crippen LogP contribution in [0.3, 0.4) is 0 Å². The van der Waals surface area contributed by atoms with E-state index in [-0.39, 0.29) is 11.2 Å². The van der Waals surface area contributed by atoms with Gasteiger partial charge in [0.25, 0.3) is 0 Å². The summed E-state index contributed by atoms with van der Waals surface area (Å²) in [6, 6.07) is 5.47. The topological polar surface area (TPSA) is 94.0 Å². The van der Waals surface area contributed by atoms with E-state index >= 15 is 0 Å². The highest BCUT2D eigenvalue weighted by atomic mass is 35.5. The summed E-state index contributed by atoms with van der Waals surface area (Å²) in [4.78, 5) is 17.7. The van der Waals surface area contributed by atoms with Crippen LogP contribution in [0.4, 0.5) is 5.69 Å². The van der Waals surface area contributed by atoms with Crippen LogP contribution < -0.4 is 11.1 Å². The second-order valence-electron chi connectivity index (χ2n) is 6.32. The zero-order valence-corrected chi connectivity index (χ0v) is 14.5. The largest absolute Gasteiger partial charge is 0.339 e. The molecule has 1 amide bonds. The van der Waals surface area contributed by atoms with Crippen molar-refractivity contribution in [1.29, 1.82) is 0 Å². The minimum atomic E-state index is -0.479. The number of hydrogen-bond donors (Lipinski definition) is 2. The SMILES string of the molecule is NC1(c2noc(CC3Sc4ccc(Cl)cc4NC3=O)n2)CCCC1. The molecule has 24 heavy (non-hydrogen) atoms. The fourth-order valence-electron chi connectivity index (χ4n) is 3.19. The quantitative estimate of drug-likeness (QED) is 0.869. The van der Waals surface area contributed by atoms with Crippen molar-refractivity contribution in [3.05, 3.63) is 34.9 Å². The van der Waals surface area contributed by atoms with Gasteiger partial charge in [-0.1, -0.05) is 29.6 Å². The molecule has 1 aliphatic carbocycles. The summed E-state index contributed by atoms with van der Waals surface area (Å²) in [5.41, 5.74) is 6.61. The Hall–Kier alpha value is -1.57. The molecule has 0 radical (unpaired) electrons. The first-order valence-electron chi connectivity index (χ1n) is 7.92. The number of aromatic nitrogens is 2. The summed E-state index contributed by atoms with van der Waals surface area (Å²) in [7, 11) is 0. The third-order valence-electron chi connectivity index (χ3n) is 4.53. The van der Waals surface area contributed by atoms with Crippen LogP contribution in [-0.2, 0) is 16.8 Å². The normalized spacial score (nSPS) is 22.2. The predicted octanol–water partition coefficient (Wildman–Crippen LogP) is 3.11. The van der Waals surface area contributed by atoms with E-state index in [9.17, 15) is 4.79 Å². The molecule has 6 nitrogen and oxygen atoms in total. The molecule has 0 saturated heterocycles. The lowest BCUT2D eigenvalue weighted by molar-refractivity contribution is -0.115. The van der Waals surface area contributed by atoms with Crippen molar-refractivity contribution < 1.29 is 9.32 Å². The lowest BCUT2D eigenvalue weighted by atomic mass is 9.99. The average Bonchev–Trinajstić information content (AvgIpc) is 3.18. The molecule has 126 valence electrons. The molecular weight excluding hydrogens is 348 g/mol. The third kappa shape index (κ3) is 2.92. The molecule has 1 aromatic carbocycles. The third-order valence-corrected chi connectivity index (χ3v) is 6.04. The zero-order valence-electron chi connectivity index (χ0n) is 12.9. The molecule has 3 N–H and O–H groups in total. The summed E-state index contributed by atoms with van der Waals surface area (Å²) in [5, 5.41) is 7.21. The molecule has 1 unspecified atom stereocenters. The molecular formula is C16H17ClN4O2S. The number of hydrogen-bond acceptors (Lipinski definition) is 6. The van der Waals surface area contributed by atoms with Gasteiger partial charge in [0.15, 0.2) is 5.82 Å². The van der Waals surface area contributed by atoms with Gasteiger partial charge in [-0.25, -0.2) is 0 Å². The summed E-state index contributed by atoms with van der Waals surface area (Å²) >= 11 is 7.44. The summed E-state index contributed by atoms with van der Waals surface area (Å²) in [6.45, 7) is 0. The fourth-order valence-corrected chi connectivity index (χ4v) is 4.44. The molecule has 8 heteroatoms. The highest BCUT2D eigenvalue weighted by Crippen LogP contribution is 2.39. The van der Waals surface area contributed by atoms with E-state index < -0.39 is 5.54 Å². The van der Waals surface area contributed by atoms with Crippen LogP contribution in [0.5, 0.6) is 0 Å². The maximum atomic E-state index is 12.3. The zero-order chi connectivity index (χ0) is 16.7. The van der Waals surface area contributed by atoms with Gasteiger partial charge in [0.2, 0.25) is 11.8 Å². The Morgan fingerprint density at radius 2 is 2.21 bits per heavy atom. The van der Waals surface area contributed by atoms with Crippen molar-refractivity contribution in [2.75, 3.05) is 5.32 Å². The van der Waals surface area contributed by atoms with Crippen molar-refractivity contribution >= 4 is 35.0 Å².